The smallest absolute Gasteiger partial charge is 0.0726 e. The van der Waals surface area contributed by atoms with E-state index in [2.05, 4.69) is 41.9 Å². The summed E-state index contributed by atoms with van der Waals surface area (Å²) in [6.45, 7) is 4.20. The fraction of sp³-hybridized carbons (Fsp3) is 0.438. The van der Waals surface area contributed by atoms with Gasteiger partial charge in [0.1, 0.15) is 0 Å². The Hall–Kier alpha value is -0.600. The summed E-state index contributed by atoms with van der Waals surface area (Å²) in [5.41, 5.74) is 4.62. The van der Waals surface area contributed by atoms with Crippen LogP contribution in [0.1, 0.15) is 48.4 Å². The molecule has 1 aliphatic carbocycles. The highest BCUT2D eigenvalue weighted by atomic mass is 79.9. The van der Waals surface area contributed by atoms with Crippen LogP contribution in [0.2, 0.25) is 5.02 Å². The van der Waals surface area contributed by atoms with Crippen molar-refractivity contribution in [1.29, 1.82) is 0 Å². The molecule has 0 saturated heterocycles. The van der Waals surface area contributed by atoms with E-state index in [9.17, 15) is 0 Å². The molecule has 3 heteroatoms. The minimum absolute atomic E-state index is 0.603. The number of pyridine rings is 1. The molecule has 2 aromatic rings. The zero-order chi connectivity index (χ0) is 13.6. The molecule has 1 fully saturated rings. The number of aromatic nitrogens is 1. The summed E-state index contributed by atoms with van der Waals surface area (Å²) in [5.74, 6) is 0.603. The second-order valence-corrected chi connectivity index (χ2v) is 6.74. The van der Waals surface area contributed by atoms with Crippen molar-refractivity contribution in [2.24, 2.45) is 0 Å². The van der Waals surface area contributed by atoms with E-state index in [1.54, 1.807) is 0 Å². The van der Waals surface area contributed by atoms with Crippen molar-refractivity contribution in [2.45, 2.75) is 45.4 Å². The van der Waals surface area contributed by atoms with Crippen molar-refractivity contribution in [3.05, 3.63) is 38.4 Å². The first kappa shape index (κ1) is 13.4. The van der Waals surface area contributed by atoms with Crippen molar-refractivity contribution in [2.75, 3.05) is 0 Å². The molecule has 19 heavy (non-hydrogen) atoms. The quantitative estimate of drug-likeness (QED) is 0.628. The van der Waals surface area contributed by atoms with Crippen LogP contribution in [-0.4, -0.2) is 4.98 Å². The van der Waals surface area contributed by atoms with Gasteiger partial charge in [-0.2, -0.15) is 0 Å². The van der Waals surface area contributed by atoms with Crippen LogP contribution >= 0.6 is 27.5 Å². The predicted octanol–water partition coefficient (Wildman–Crippen LogP) is 5.93. The highest BCUT2D eigenvalue weighted by Crippen LogP contribution is 2.38. The van der Waals surface area contributed by atoms with Crippen molar-refractivity contribution >= 4 is 38.4 Å². The molecule has 0 radical (unpaired) electrons. The Bertz CT molecular complexity index is 645. The molecular weight excluding hydrogens is 322 g/mol. The Balaban J connectivity index is 2.23. The highest BCUT2D eigenvalue weighted by molar-refractivity contribution is 9.10. The molecule has 0 spiro atoms. The molecule has 3 rings (SSSR count). The first-order valence-corrected chi connectivity index (χ1v) is 8.01. The fourth-order valence-electron chi connectivity index (χ4n) is 3.13. The minimum atomic E-state index is 0.603. The number of fused-ring (bicyclic) bond motifs is 1. The maximum absolute atomic E-state index is 6.51. The van der Waals surface area contributed by atoms with Gasteiger partial charge in [0.2, 0.25) is 0 Å². The molecule has 0 amide bonds. The predicted molar refractivity (Wildman–Crippen MR) is 85.1 cm³/mol. The number of benzene rings is 1. The molecule has 0 unspecified atom stereocenters. The fourth-order valence-corrected chi connectivity index (χ4v) is 3.79. The van der Waals surface area contributed by atoms with Crippen molar-refractivity contribution < 1.29 is 0 Å². The zero-order valence-corrected chi connectivity index (χ0v) is 13.6. The molecule has 1 saturated carbocycles. The second kappa shape index (κ2) is 5.06. The first-order chi connectivity index (χ1) is 9.08. The summed E-state index contributed by atoms with van der Waals surface area (Å²) in [4.78, 5) is 4.88. The van der Waals surface area contributed by atoms with E-state index in [1.165, 1.54) is 42.5 Å². The standard InChI is InChI=1S/C16H17BrClN/c1-9-7-14-15(10(2)16(9)17)12(18)8-13(19-14)11-5-3-4-6-11/h7-8,11H,3-6H2,1-2H3. The van der Waals surface area contributed by atoms with Gasteiger partial charge in [-0.1, -0.05) is 40.4 Å². The Morgan fingerprint density at radius 1 is 1.21 bits per heavy atom. The van der Waals surface area contributed by atoms with E-state index >= 15 is 0 Å². The molecule has 1 nitrogen and oxygen atoms in total. The van der Waals surface area contributed by atoms with Gasteiger partial charge in [0.05, 0.1) is 10.5 Å². The van der Waals surface area contributed by atoms with Gasteiger partial charge < -0.3 is 0 Å². The third-order valence-corrected chi connectivity index (χ3v) is 5.71. The summed E-state index contributed by atoms with van der Waals surface area (Å²) in [6.07, 6.45) is 5.15. The average Bonchev–Trinajstić information content (AvgIpc) is 2.89. The summed E-state index contributed by atoms with van der Waals surface area (Å²) in [5, 5.41) is 1.92. The maximum atomic E-state index is 6.51. The van der Waals surface area contributed by atoms with Crippen LogP contribution in [-0.2, 0) is 0 Å². The van der Waals surface area contributed by atoms with Gasteiger partial charge in [-0.05, 0) is 49.9 Å². The summed E-state index contributed by atoms with van der Waals surface area (Å²) in [7, 11) is 0. The minimum Gasteiger partial charge on any atom is -0.252 e. The van der Waals surface area contributed by atoms with Crippen LogP contribution in [0.15, 0.2) is 16.6 Å². The van der Waals surface area contributed by atoms with Gasteiger partial charge >= 0.3 is 0 Å². The van der Waals surface area contributed by atoms with Crippen LogP contribution in [0.3, 0.4) is 0 Å². The van der Waals surface area contributed by atoms with E-state index < -0.39 is 0 Å². The van der Waals surface area contributed by atoms with Crippen LogP contribution in [0.4, 0.5) is 0 Å². The molecule has 1 aromatic heterocycles. The van der Waals surface area contributed by atoms with Gasteiger partial charge in [-0.3, -0.25) is 4.98 Å². The number of rotatable bonds is 1. The SMILES string of the molecule is Cc1cc2nc(C3CCCC3)cc(Cl)c2c(C)c1Br. The molecule has 1 aliphatic rings. The topological polar surface area (TPSA) is 12.9 Å². The number of hydrogen-bond acceptors (Lipinski definition) is 1. The molecule has 0 bridgehead atoms. The van der Waals surface area contributed by atoms with Crippen molar-refractivity contribution in [3.63, 3.8) is 0 Å². The summed E-state index contributed by atoms with van der Waals surface area (Å²) in [6, 6.07) is 4.21. The summed E-state index contributed by atoms with van der Waals surface area (Å²) < 4.78 is 1.14. The van der Waals surface area contributed by atoms with E-state index in [0.29, 0.717) is 5.92 Å². The van der Waals surface area contributed by atoms with E-state index in [4.69, 9.17) is 16.6 Å². The zero-order valence-electron chi connectivity index (χ0n) is 11.3. The maximum Gasteiger partial charge on any atom is 0.0726 e. The van der Waals surface area contributed by atoms with Crippen LogP contribution < -0.4 is 0 Å². The Labute approximate surface area is 127 Å². The lowest BCUT2D eigenvalue weighted by Gasteiger charge is -2.14. The van der Waals surface area contributed by atoms with Crippen LogP contribution in [0.5, 0.6) is 0 Å². The van der Waals surface area contributed by atoms with E-state index in [0.717, 1.165) is 20.4 Å². The third-order valence-electron chi connectivity index (χ3n) is 4.20. The molecule has 0 aliphatic heterocycles. The van der Waals surface area contributed by atoms with Gasteiger partial charge in [0, 0.05) is 21.5 Å². The molecular formula is C16H17BrClN. The van der Waals surface area contributed by atoms with Crippen LogP contribution in [0.25, 0.3) is 10.9 Å². The number of halogens is 2. The first-order valence-electron chi connectivity index (χ1n) is 6.84. The lowest BCUT2D eigenvalue weighted by Crippen LogP contribution is -1.99. The normalized spacial score (nSPS) is 16.4. The lowest BCUT2D eigenvalue weighted by atomic mass is 10.00. The highest BCUT2D eigenvalue weighted by Gasteiger charge is 2.20. The molecule has 1 aromatic carbocycles. The second-order valence-electron chi connectivity index (χ2n) is 5.54. The van der Waals surface area contributed by atoms with E-state index in [-0.39, 0.29) is 0 Å². The molecule has 0 atom stereocenters. The number of aryl methyl sites for hydroxylation is 2. The number of nitrogens with zero attached hydrogens (tertiary/aromatic N) is 1. The van der Waals surface area contributed by atoms with Gasteiger partial charge in [0.25, 0.3) is 0 Å². The summed E-state index contributed by atoms with van der Waals surface area (Å²) >= 11 is 10.1. The van der Waals surface area contributed by atoms with E-state index in [1.807, 2.05) is 0 Å². The van der Waals surface area contributed by atoms with Gasteiger partial charge in [-0.15, -0.1) is 0 Å². The lowest BCUT2D eigenvalue weighted by molar-refractivity contribution is 0.701. The van der Waals surface area contributed by atoms with Crippen molar-refractivity contribution in [1.82, 2.24) is 4.98 Å². The van der Waals surface area contributed by atoms with Gasteiger partial charge in [-0.25, -0.2) is 0 Å². The van der Waals surface area contributed by atoms with Crippen molar-refractivity contribution in [3.8, 4) is 0 Å². The Kier molecular flexibility index (Phi) is 3.57. The number of hydrogen-bond donors (Lipinski definition) is 0. The monoisotopic (exact) mass is 337 g/mol. The molecule has 0 N–H and O–H groups in total. The Morgan fingerprint density at radius 3 is 2.58 bits per heavy atom. The van der Waals surface area contributed by atoms with Gasteiger partial charge in [0.15, 0.2) is 0 Å². The largest absolute Gasteiger partial charge is 0.252 e. The van der Waals surface area contributed by atoms with Crippen LogP contribution in [0, 0.1) is 13.8 Å². The average molecular weight is 339 g/mol. The molecule has 100 valence electrons. The molecule has 1 heterocycles. The third kappa shape index (κ3) is 2.30. The Morgan fingerprint density at radius 2 is 1.89 bits per heavy atom.